The highest BCUT2D eigenvalue weighted by molar-refractivity contribution is 4.75. The standard InChI is InChI=1S/C5H11FN2O/c6-1-2-9-5-3-8(7)4-5/h5H,1-4,7H2. The number of halogens is 1. The van der Waals surface area contributed by atoms with Crippen molar-refractivity contribution in [3.63, 3.8) is 0 Å². The zero-order valence-corrected chi connectivity index (χ0v) is 5.22. The number of hydrogen-bond donors (Lipinski definition) is 1. The van der Waals surface area contributed by atoms with Gasteiger partial charge in [-0.05, 0) is 0 Å². The van der Waals surface area contributed by atoms with Gasteiger partial charge in [0.2, 0.25) is 0 Å². The van der Waals surface area contributed by atoms with Gasteiger partial charge in [-0.1, -0.05) is 0 Å². The van der Waals surface area contributed by atoms with Gasteiger partial charge in [-0.2, -0.15) is 0 Å². The summed E-state index contributed by atoms with van der Waals surface area (Å²) in [7, 11) is 0. The third kappa shape index (κ3) is 1.89. The molecule has 0 aromatic rings. The molecule has 0 bridgehead atoms. The Labute approximate surface area is 53.5 Å². The Hall–Kier alpha value is -0.190. The van der Waals surface area contributed by atoms with Gasteiger partial charge in [0.05, 0.1) is 12.7 Å². The summed E-state index contributed by atoms with van der Waals surface area (Å²) < 4.78 is 16.4. The first-order valence-electron chi connectivity index (χ1n) is 3.00. The highest BCUT2D eigenvalue weighted by Crippen LogP contribution is 2.05. The Kier molecular flexibility index (Phi) is 2.38. The minimum absolute atomic E-state index is 0.172. The summed E-state index contributed by atoms with van der Waals surface area (Å²) in [6.07, 6.45) is 0.172. The van der Waals surface area contributed by atoms with Crippen molar-refractivity contribution < 1.29 is 9.13 Å². The van der Waals surface area contributed by atoms with Crippen LogP contribution in [-0.4, -0.2) is 37.5 Å². The predicted octanol–water partition coefficient (Wildman–Crippen LogP) is -0.470. The van der Waals surface area contributed by atoms with Crippen LogP contribution in [0.1, 0.15) is 0 Å². The van der Waals surface area contributed by atoms with Gasteiger partial charge >= 0.3 is 0 Å². The van der Waals surface area contributed by atoms with Gasteiger partial charge < -0.3 is 4.74 Å². The molecule has 1 rings (SSSR count). The molecule has 0 aliphatic carbocycles. The van der Waals surface area contributed by atoms with E-state index in [4.69, 9.17) is 10.6 Å². The summed E-state index contributed by atoms with van der Waals surface area (Å²) in [5.74, 6) is 5.30. The molecule has 1 saturated heterocycles. The smallest absolute Gasteiger partial charge is 0.113 e. The van der Waals surface area contributed by atoms with E-state index in [2.05, 4.69) is 0 Å². The van der Waals surface area contributed by atoms with Crippen molar-refractivity contribution in [1.29, 1.82) is 0 Å². The van der Waals surface area contributed by atoms with Crippen LogP contribution in [0.15, 0.2) is 0 Å². The number of rotatable bonds is 3. The van der Waals surface area contributed by atoms with Crippen molar-refractivity contribution in [1.82, 2.24) is 5.01 Å². The summed E-state index contributed by atoms with van der Waals surface area (Å²) in [4.78, 5) is 0. The zero-order valence-electron chi connectivity index (χ0n) is 5.22. The summed E-state index contributed by atoms with van der Waals surface area (Å²) in [6.45, 7) is 1.28. The molecule has 0 amide bonds. The monoisotopic (exact) mass is 134 g/mol. The predicted molar refractivity (Wildman–Crippen MR) is 31.5 cm³/mol. The fourth-order valence-electron chi connectivity index (χ4n) is 0.786. The molecule has 1 aliphatic rings. The van der Waals surface area contributed by atoms with Crippen LogP contribution in [0, 0.1) is 0 Å². The largest absolute Gasteiger partial charge is 0.373 e. The van der Waals surface area contributed by atoms with Gasteiger partial charge in [0, 0.05) is 13.1 Å². The SMILES string of the molecule is NN1CC(OCCF)C1. The van der Waals surface area contributed by atoms with E-state index in [0.29, 0.717) is 0 Å². The van der Waals surface area contributed by atoms with E-state index < -0.39 is 6.67 Å². The molecule has 0 atom stereocenters. The second kappa shape index (κ2) is 3.10. The molecule has 0 aromatic carbocycles. The summed E-state index contributed by atoms with van der Waals surface area (Å²) in [5.41, 5.74) is 0. The summed E-state index contributed by atoms with van der Waals surface area (Å²) in [6, 6.07) is 0. The quantitative estimate of drug-likeness (QED) is 0.530. The lowest BCUT2D eigenvalue weighted by molar-refractivity contribution is -0.0579. The van der Waals surface area contributed by atoms with Gasteiger partial charge in [-0.25, -0.2) is 9.40 Å². The van der Waals surface area contributed by atoms with Gasteiger partial charge in [0.15, 0.2) is 0 Å². The Morgan fingerprint density at radius 1 is 1.67 bits per heavy atom. The van der Waals surface area contributed by atoms with Crippen LogP contribution < -0.4 is 5.84 Å². The van der Waals surface area contributed by atoms with Crippen molar-refractivity contribution in [3.8, 4) is 0 Å². The minimum atomic E-state index is -0.402. The molecule has 1 heterocycles. The molecule has 3 nitrogen and oxygen atoms in total. The van der Waals surface area contributed by atoms with E-state index in [0.717, 1.165) is 13.1 Å². The van der Waals surface area contributed by atoms with Gasteiger partial charge in [0.25, 0.3) is 0 Å². The molecular weight excluding hydrogens is 123 g/mol. The topological polar surface area (TPSA) is 38.5 Å². The molecule has 0 unspecified atom stereocenters. The Morgan fingerprint density at radius 3 is 2.78 bits per heavy atom. The first-order valence-corrected chi connectivity index (χ1v) is 3.00. The van der Waals surface area contributed by atoms with E-state index in [1.54, 1.807) is 5.01 Å². The molecule has 1 aliphatic heterocycles. The first-order chi connectivity index (χ1) is 4.33. The molecule has 0 radical (unpaired) electrons. The fourth-order valence-corrected chi connectivity index (χ4v) is 0.786. The highest BCUT2D eigenvalue weighted by Gasteiger charge is 2.23. The number of alkyl halides is 1. The summed E-state index contributed by atoms with van der Waals surface area (Å²) >= 11 is 0. The molecule has 2 N–H and O–H groups in total. The second-order valence-electron chi connectivity index (χ2n) is 2.14. The van der Waals surface area contributed by atoms with Gasteiger partial charge in [-0.15, -0.1) is 0 Å². The van der Waals surface area contributed by atoms with E-state index >= 15 is 0 Å². The molecule has 0 saturated carbocycles. The molecular formula is C5H11FN2O. The fraction of sp³-hybridized carbons (Fsp3) is 1.00. The highest BCUT2D eigenvalue weighted by atomic mass is 19.1. The number of nitrogens with zero attached hydrogens (tertiary/aromatic N) is 1. The minimum Gasteiger partial charge on any atom is -0.373 e. The van der Waals surface area contributed by atoms with E-state index in [1.807, 2.05) is 0 Å². The van der Waals surface area contributed by atoms with E-state index in [9.17, 15) is 4.39 Å². The second-order valence-corrected chi connectivity index (χ2v) is 2.14. The lowest BCUT2D eigenvalue weighted by atomic mass is 10.2. The lowest BCUT2D eigenvalue weighted by Crippen LogP contribution is -2.55. The van der Waals surface area contributed by atoms with Crippen LogP contribution in [0.25, 0.3) is 0 Å². The van der Waals surface area contributed by atoms with E-state index in [1.165, 1.54) is 0 Å². The van der Waals surface area contributed by atoms with Crippen LogP contribution in [0.5, 0.6) is 0 Å². The molecule has 9 heavy (non-hydrogen) atoms. The number of hydrogen-bond acceptors (Lipinski definition) is 3. The van der Waals surface area contributed by atoms with Crippen LogP contribution >= 0.6 is 0 Å². The molecule has 4 heteroatoms. The maximum absolute atomic E-state index is 11.4. The van der Waals surface area contributed by atoms with Crippen LogP contribution in [0.4, 0.5) is 4.39 Å². The van der Waals surface area contributed by atoms with Crippen molar-refractivity contribution in [3.05, 3.63) is 0 Å². The Bertz CT molecular complexity index is 85.0. The van der Waals surface area contributed by atoms with Crippen molar-refractivity contribution >= 4 is 0 Å². The van der Waals surface area contributed by atoms with Crippen molar-refractivity contribution in [2.45, 2.75) is 6.10 Å². The third-order valence-electron chi connectivity index (χ3n) is 1.31. The van der Waals surface area contributed by atoms with Gasteiger partial charge in [0.1, 0.15) is 6.67 Å². The zero-order chi connectivity index (χ0) is 6.69. The van der Waals surface area contributed by atoms with Crippen LogP contribution in [0.3, 0.4) is 0 Å². The van der Waals surface area contributed by atoms with Crippen molar-refractivity contribution in [2.24, 2.45) is 5.84 Å². The lowest BCUT2D eigenvalue weighted by Gasteiger charge is -2.34. The normalized spacial score (nSPS) is 22.0. The third-order valence-corrected chi connectivity index (χ3v) is 1.31. The maximum Gasteiger partial charge on any atom is 0.113 e. The van der Waals surface area contributed by atoms with E-state index in [-0.39, 0.29) is 12.7 Å². The van der Waals surface area contributed by atoms with Crippen LogP contribution in [-0.2, 0) is 4.74 Å². The van der Waals surface area contributed by atoms with Crippen LogP contribution in [0.2, 0.25) is 0 Å². The average molecular weight is 134 g/mol. The average Bonchev–Trinajstić information content (AvgIpc) is 1.78. The Balaban J connectivity index is 1.91. The number of hydrazine groups is 1. The first kappa shape index (κ1) is 6.92. The Morgan fingerprint density at radius 2 is 2.33 bits per heavy atom. The number of ether oxygens (including phenoxy) is 1. The number of nitrogens with two attached hydrogens (primary N) is 1. The molecule has 0 aromatic heterocycles. The maximum atomic E-state index is 11.4. The summed E-state index contributed by atoms with van der Waals surface area (Å²) in [5, 5.41) is 1.64. The van der Waals surface area contributed by atoms with Gasteiger partial charge in [-0.3, -0.25) is 5.84 Å². The molecule has 1 fully saturated rings. The van der Waals surface area contributed by atoms with Crippen molar-refractivity contribution in [2.75, 3.05) is 26.4 Å². The molecule has 54 valence electrons. The molecule has 0 spiro atoms.